The Bertz CT molecular complexity index is 1140. The summed E-state index contributed by atoms with van der Waals surface area (Å²) in [5.41, 5.74) is 3.65. The van der Waals surface area contributed by atoms with E-state index >= 15 is 0 Å². The van der Waals surface area contributed by atoms with Crippen LogP contribution in [-0.4, -0.2) is 17.6 Å². The summed E-state index contributed by atoms with van der Waals surface area (Å²) in [5.74, 6) is -0.600. The van der Waals surface area contributed by atoms with E-state index in [0.717, 1.165) is 16.7 Å². The second-order valence-corrected chi connectivity index (χ2v) is 8.94. The highest BCUT2D eigenvalue weighted by Crippen LogP contribution is 2.43. The smallest absolute Gasteiger partial charge is 0.238 e. The standard InChI is InChI=1S/C26H25FN2O2S/c1-3-21(18-8-5-4-6-9-18)25(31)28-20-11-7-10-19(15-20)26-29(24(30)16-32-26)23-14-17(2)12-13-22(23)27/h4-15,21,26H,3,16H2,1-2H3,(H,28,31)/t21-,26-/m0/s1. The van der Waals surface area contributed by atoms with Gasteiger partial charge in [-0.2, -0.15) is 0 Å². The third kappa shape index (κ3) is 4.55. The van der Waals surface area contributed by atoms with Crippen LogP contribution in [0.25, 0.3) is 0 Å². The van der Waals surface area contributed by atoms with Gasteiger partial charge in [0.05, 0.1) is 17.4 Å². The third-order valence-electron chi connectivity index (χ3n) is 5.60. The fourth-order valence-electron chi connectivity index (χ4n) is 4.00. The lowest BCUT2D eigenvalue weighted by molar-refractivity contribution is -0.118. The number of aryl methyl sites for hydroxylation is 1. The summed E-state index contributed by atoms with van der Waals surface area (Å²) in [5, 5.41) is 2.66. The Balaban J connectivity index is 1.59. The summed E-state index contributed by atoms with van der Waals surface area (Å²) in [7, 11) is 0. The van der Waals surface area contributed by atoms with E-state index < -0.39 is 5.82 Å². The lowest BCUT2D eigenvalue weighted by Crippen LogP contribution is -2.29. The van der Waals surface area contributed by atoms with Gasteiger partial charge >= 0.3 is 0 Å². The average Bonchev–Trinajstić information content (AvgIpc) is 3.18. The van der Waals surface area contributed by atoms with Crippen LogP contribution < -0.4 is 10.2 Å². The molecule has 1 aliphatic rings. The number of amides is 2. The first kappa shape index (κ1) is 22.1. The third-order valence-corrected chi connectivity index (χ3v) is 6.81. The van der Waals surface area contributed by atoms with Crippen LogP contribution in [0.5, 0.6) is 0 Å². The summed E-state index contributed by atoms with van der Waals surface area (Å²) in [4.78, 5) is 27.1. The highest BCUT2D eigenvalue weighted by molar-refractivity contribution is 8.00. The van der Waals surface area contributed by atoms with E-state index in [1.54, 1.807) is 12.1 Å². The van der Waals surface area contributed by atoms with E-state index in [4.69, 9.17) is 0 Å². The van der Waals surface area contributed by atoms with Gasteiger partial charge in [0.1, 0.15) is 11.2 Å². The molecule has 1 heterocycles. The molecule has 0 radical (unpaired) electrons. The van der Waals surface area contributed by atoms with E-state index in [1.807, 2.05) is 68.4 Å². The van der Waals surface area contributed by atoms with Gasteiger partial charge in [-0.1, -0.05) is 55.5 Å². The zero-order valence-corrected chi connectivity index (χ0v) is 18.9. The van der Waals surface area contributed by atoms with Gasteiger partial charge in [-0.05, 0) is 54.3 Å². The molecule has 0 aromatic heterocycles. The molecule has 164 valence electrons. The number of rotatable bonds is 6. The van der Waals surface area contributed by atoms with Crippen molar-refractivity contribution in [3.05, 3.63) is 95.3 Å². The molecule has 1 N–H and O–H groups in total. The predicted molar refractivity (Wildman–Crippen MR) is 128 cm³/mol. The first-order chi connectivity index (χ1) is 15.5. The van der Waals surface area contributed by atoms with Crippen molar-refractivity contribution >= 4 is 35.0 Å². The quantitative estimate of drug-likeness (QED) is 0.500. The van der Waals surface area contributed by atoms with Gasteiger partial charge in [0.15, 0.2) is 0 Å². The van der Waals surface area contributed by atoms with Crippen LogP contribution in [0.1, 0.15) is 41.3 Å². The lowest BCUT2D eigenvalue weighted by atomic mass is 9.95. The molecule has 4 rings (SSSR count). The number of carbonyl (C=O) groups excluding carboxylic acids is 2. The van der Waals surface area contributed by atoms with E-state index in [1.165, 1.54) is 22.7 Å². The van der Waals surface area contributed by atoms with Gasteiger partial charge < -0.3 is 5.32 Å². The van der Waals surface area contributed by atoms with Crippen LogP contribution in [0, 0.1) is 12.7 Å². The fraction of sp³-hybridized carbons (Fsp3) is 0.231. The van der Waals surface area contributed by atoms with Gasteiger partial charge in [0.25, 0.3) is 0 Å². The van der Waals surface area contributed by atoms with Gasteiger partial charge in [0, 0.05) is 5.69 Å². The zero-order valence-electron chi connectivity index (χ0n) is 18.0. The maximum Gasteiger partial charge on any atom is 0.238 e. The van der Waals surface area contributed by atoms with E-state index in [-0.39, 0.29) is 34.5 Å². The van der Waals surface area contributed by atoms with Crippen molar-refractivity contribution in [3.8, 4) is 0 Å². The molecule has 1 fully saturated rings. The maximum absolute atomic E-state index is 14.6. The van der Waals surface area contributed by atoms with Crippen molar-refractivity contribution in [2.24, 2.45) is 0 Å². The van der Waals surface area contributed by atoms with Gasteiger partial charge in [0.2, 0.25) is 11.8 Å². The molecule has 0 spiro atoms. The molecule has 0 saturated carbocycles. The fourth-order valence-corrected chi connectivity index (χ4v) is 5.15. The predicted octanol–water partition coefficient (Wildman–Crippen LogP) is 6.05. The summed E-state index contributed by atoms with van der Waals surface area (Å²) < 4.78 is 14.6. The van der Waals surface area contributed by atoms with E-state index in [9.17, 15) is 14.0 Å². The molecule has 0 aliphatic carbocycles. The van der Waals surface area contributed by atoms with Crippen molar-refractivity contribution in [2.45, 2.75) is 31.6 Å². The molecule has 3 aromatic carbocycles. The summed E-state index contributed by atoms with van der Waals surface area (Å²) >= 11 is 1.45. The van der Waals surface area contributed by atoms with Crippen LogP contribution >= 0.6 is 11.8 Å². The number of nitrogens with one attached hydrogen (secondary N) is 1. The Morgan fingerprint density at radius 1 is 1.12 bits per heavy atom. The first-order valence-electron chi connectivity index (χ1n) is 10.6. The van der Waals surface area contributed by atoms with Crippen molar-refractivity contribution < 1.29 is 14.0 Å². The number of nitrogens with zero attached hydrogens (tertiary/aromatic N) is 1. The Kier molecular flexibility index (Phi) is 6.61. The van der Waals surface area contributed by atoms with Crippen molar-refractivity contribution in [3.63, 3.8) is 0 Å². The monoisotopic (exact) mass is 448 g/mol. The second-order valence-electron chi connectivity index (χ2n) is 7.87. The molecule has 4 nitrogen and oxygen atoms in total. The Hall–Kier alpha value is -3.12. The van der Waals surface area contributed by atoms with Crippen LogP contribution in [0.4, 0.5) is 15.8 Å². The topological polar surface area (TPSA) is 49.4 Å². The molecule has 32 heavy (non-hydrogen) atoms. The minimum atomic E-state index is -0.422. The number of hydrogen-bond donors (Lipinski definition) is 1. The summed E-state index contributed by atoms with van der Waals surface area (Å²) in [6.45, 7) is 3.86. The molecule has 0 bridgehead atoms. The number of carbonyl (C=O) groups is 2. The van der Waals surface area contributed by atoms with Gasteiger partial charge in [-0.25, -0.2) is 4.39 Å². The number of halogens is 1. The van der Waals surface area contributed by atoms with E-state index in [0.29, 0.717) is 12.1 Å². The van der Waals surface area contributed by atoms with Crippen LogP contribution in [0.3, 0.4) is 0 Å². The van der Waals surface area contributed by atoms with Crippen LogP contribution in [0.2, 0.25) is 0 Å². The SMILES string of the molecule is CC[C@H](C(=O)Nc1cccc([C@@H]2SCC(=O)N2c2cc(C)ccc2F)c1)c1ccccc1. The van der Waals surface area contributed by atoms with Crippen LogP contribution in [0.15, 0.2) is 72.8 Å². The molecule has 1 aliphatic heterocycles. The highest BCUT2D eigenvalue weighted by Gasteiger charge is 2.35. The first-order valence-corrected chi connectivity index (χ1v) is 11.7. The van der Waals surface area contributed by atoms with E-state index in [2.05, 4.69) is 5.32 Å². The molecule has 0 unspecified atom stereocenters. The summed E-state index contributed by atoms with van der Waals surface area (Å²) in [6, 6.07) is 21.9. The van der Waals surface area contributed by atoms with Crippen molar-refractivity contribution in [2.75, 3.05) is 16.0 Å². The molecule has 2 atom stereocenters. The Morgan fingerprint density at radius 2 is 1.91 bits per heavy atom. The summed E-state index contributed by atoms with van der Waals surface area (Å²) in [6.07, 6.45) is 0.683. The number of benzene rings is 3. The van der Waals surface area contributed by atoms with Crippen molar-refractivity contribution in [1.29, 1.82) is 0 Å². The average molecular weight is 449 g/mol. The van der Waals surface area contributed by atoms with Crippen molar-refractivity contribution in [1.82, 2.24) is 0 Å². The molecule has 2 amide bonds. The van der Waals surface area contributed by atoms with Crippen LogP contribution in [-0.2, 0) is 9.59 Å². The molecular formula is C26H25FN2O2S. The number of anilines is 2. The molecular weight excluding hydrogens is 423 g/mol. The lowest BCUT2D eigenvalue weighted by Gasteiger charge is -2.25. The zero-order chi connectivity index (χ0) is 22.7. The minimum Gasteiger partial charge on any atom is -0.326 e. The largest absolute Gasteiger partial charge is 0.326 e. The Labute approximate surface area is 191 Å². The number of thioether (sulfide) groups is 1. The highest BCUT2D eigenvalue weighted by atomic mass is 32.2. The molecule has 1 saturated heterocycles. The van der Waals surface area contributed by atoms with Gasteiger partial charge in [-0.15, -0.1) is 11.8 Å². The molecule has 3 aromatic rings. The normalized spacial score (nSPS) is 16.8. The second kappa shape index (κ2) is 9.57. The number of hydrogen-bond acceptors (Lipinski definition) is 3. The minimum absolute atomic E-state index is 0.0763. The Morgan fingerprint density at radius 3 is 2.66 bits per heavy atom. The van der Waals surface area contributed by atoms with Gasteiger partial charge in [-0.3, -0.25) is 14.5 Å². The molecule has 6 heteroatoms. The maximum atomic E-state index is 14.6.